The smallest absolute Gasteiger partial charge is 0.255 e. The number of sulfonamides is 1. The number of rotatable bonds is 4. The number of hydrogen-bond acceptors (Lipinski definition) is 5. The average molecular weight is 452 g/mol. The number of aromatic nitrogens is 1. The fraction of sp³-hybridized carbons (Fsp3) is 0.278. The maximum Gasteiger partial charge on any atom is 0.255 e. The first kappa shape index (κ1) is 18.3. The molecular weight excluding hydrogens is 434 g/mol. The van der Waals surface area contributed by atoms with E-state index in [4.69, 9.17) is 4.42 Å². The van der Waals surface area contributed by atoms with Crippen molar-refractivity contribution < 1.29 is 12.8 Å². The van der Waals surface area contributed by atoms with Crippen molar-refractivity contribution in [1.29, 1.82) is 0 Å². The first-order valence-electron chi connectivity index (χ1n) is 8.46. The summed E-state index contributed by atoms with van der Waals surface area (Å²) in [6.07, 6.45) is 3.77. The Kier molecular flexibility index (Phi) is 4.61. The van der Waals surface area contributed by atoms with E-state index in [1.54, 1.807) is 30.5 Å². The summed E-state index contributed by atoms with van der Waals surface area (Å²) in [6, 6.07) is 8.44. The van der Waals surface area contributed by atoms with E-state index in [1.165, 1.54) is 10.5 Å². The molecule has 0 spiro atoms. The van der Waals surface area contributed by atoms with Crippen LogP contribution < -0.4 is 10.5 Å². The largest absolute Gasteiger partial charge is 0.449 e. The van der Waals surface area contributed by atoms with Gasteiger partial charge < -0.3 is 14.3 Å². The second kappa shape index (κ2) is 6.81. The van der Waals surface area contributed by atoms with Gasteiger partial charge in [-0.1, -0.05) is 6.07 Å². The Balaban J connectivity index is 1.70. The molecule has 0 radical (unpaired) electrons. The molecule has 3 aromatic rings. The van der Waals surface area contributed by atoms with Crippen LogP contribution in [0, 0.1) is 0 Å². The van der Waals surface area contributed by atoms with Gasteiger partial charge in [0, 0.05) is 53.7 Å². The lowest BCUT2D eigenvalue weighted by molar-refractivity contribution is 0.466. The molecule has 1 fully saturated rings. The number of H-pyrrole nitrogens is 1. The molecule has 1 N–H and O–H groups in total. The molecule has 0 bridgehead atoms. The summed E-state index contributed by atoms with van der Waals surface area (Å²) in [6.45, 7) is 0.770. The molecule has 7 nitrogen and oxygen atoms in total. The van der Waals surface area contributed by atoms with E-state index in [9.17, 15) is 13.2 Å². The summed E-state index contributed by atoms with van der Waals surface area (Å²) in [7, 11) is -1.85. The van der Waals surface area contributed by atoms with Crippen LogP contribution in [0.3, 0.4) is 0 Å². The Morgan fingerprint density at radius 3 is 2.85 bits per heavy atom. The Morgan fingerprint density at radius 1 is 1.30 bits per heavy atom. The summed E-state index contributed by atoms with van der Waals surface area (Å²) in [4.78, 5) is 16.8. The molecule has 9 heteroatoms. The van der Waals surface area contributed by atoms with Crippen LogP contribution in [0.1, 0.15) is 6.42 Å². The van der Waals surface area contributed by atoms with E-state index in [1.807, 2.05) is 18.0 Å². The van der Waals surface area contributed by atoms with E-state index >= 15 is 0 Å². The second-order valence-corrected chi connectivity index (χ2v) is 9.27. The van der Waals surface area contributed by atoms with Gasteiger partial charge in [-0.05, 0) is 40.5 Å². The minimum absolute atomic E-state index is 0.0211. The highest BCUT2D eigenvalue weighted by Gasteiger charge is 2.36. The first-order valence-corrected chi connectivity index (χ1v) is 10.7. The summed E-state index contributed by atoms with van der Waals surface area (Å²) < 4.78 is 34.1. The molecule has 1 saturated heterocycles. The molecule has 3 heterocycles. The highest BCUT2D eigenvalue weighted by molar-refractivity contribution is 9.10. The van der Waals surface area contributed by atoms with Crippen LogP contribution in [0.15, 0.2) is 61.4 Å². The number of furan rings is 1. The molecular formula is C18H18BrN3O4S. The molecule has 0 amide bonds. The van der Waals surface area contributed by atoms with E-state index in [0.717, 1.165) is 0 Å². The molecule has 0 saturated carbocycles. The number of likely N-dealkylation sites (N-methyl/N-ethyl adjacent to an activating group) is 1. The van der Waals surface area contributed by atoms with Gasteiger partial charge in [-0.3, -0.25) is 4.79 Å². The fourth-order valence-electron chi connectivity index (χ4n) is 3.50. The number of fused-ring (bicyclic) bond motifs is 1. The third-order valence-electron chi connectivity index (χ3n) is 4.99. The number of anilines is 1. The first-order chi connectivity index (χ1) is 12.9. The minimum Gasteiger partial charge on any atom is -0.449 e. The Bertz CT molecular complexity index is 1140. The molecule has 1 unspecified atom stereocenters. The summed E-state index contributed by atoms with van der Waals surface area (Å²) in [5, 5.41) is 0.748. The van der Waals surface area contributed by atoms with Crippen molar-refractivity contribution in [2.45, 2.75) is 17.4 Å². The molecule has 2 aromatic heterocycles. The van der Waals surface area contributed by atoms with E-state index in [-0.39, 0.29) is 16.5 Å². The fourth-order valence-corrected chi connectivity index (χ4v) is 5.89. The quantitative estimate of drug-likeness (QED) is 0.658. The molecule has 27 heavy (non-hydrogen) atoms. The molecule has 4 rings (SSSR count). The molecule has 1 aromatic carbocycles. The highest BCUT2D eigenvalue weighted by Crippen LogP contribution is 2.32. The number of nitrogens with one attached hydrogen (secondary N) is 1. The van der Waals surface area contributed by atoms with E-state index < -0.39 is 10.0 Å². The van der Waals surface area contributed by atoms with Crippen LogP contribution in [0.5, 0.6) is 0 Å². The SMILES string of the molecule is CN(c1ccco1)C1CCN(S(=O)(=O)c2cccc3c(=O)[nH]cc(Br)c23)C1. The molecule has 0 aliphatic carbocycles. The van der Waals surface area contributed by atoms with Crippen LogP contribution in [0.2, 0.25) is 0 Å². The zero-order valence-corrected chi connectivity index (χ0v) is 17.0. The van der Waals surface area contributed by atoms with Crippen LogP contribution in [0.25, 0.3) is 10.8 Å². The van der Waals surface area contributed by atoms with Crippen molar-refractivity contribution in [3.05, 3.63) is 57.6 Å². The molecule has 1 aliphatic rings. The number of aromatic amines is 1. The van der Waals surface area contributed by atoms with Crippen LogP contribution in [-0.4, -0.2) is 43.9 Å². The van der Waals surface area contributed by atoms with Gasteiger partial charge in [0.2, 0.25) is 10.0 Å². The number of pyridine rings is 1. The van der Waals surface area contributed by atoms with Crippen molar-refractivity contribution in [3.8, 4) is 0 Å². The number of benzene rings is 1. The maximum atomic E-state index is 13.3. The van der Waals surface area contributed by atoms with Crippen LogP contribution >= 0.6 is 15.9 Å². The van der Waals surface area contributed by atoms with Crippen LogP contribution in [-0.2, 0) is 10.0 Å². The third kappa shape index (κ3) is 3.09. The summed E-state index contributed by atoms with van der Waals surface area (Å²) >= 11 is 3.37. The zero-order valence-electron chi connectivity index (χ0n) is 14.6. The van der Waals surface area contributed by atoms with Crippen molar-refractivity contribution >= 4 is 42.6 Å². The minimum atomic E-state index is -3.75. The standard InChI is InChI=1S/C18H18BrN3O4S/c1-21(16-6-3-9-26-16)12-7-8-22(11-12)27(24,25)15-5-2-4-13-17(15)14(19)10-20-18(13)23/h2-6,9-10,12H,7-8,11H2,1H3,(H,20,23). The topological polar surface area (TPSA) is 86.6 Å². The normalized spacial score (nSPS) is 18.2. The number of hydrogen-bond donors (Lipinski definition) is 1. The van der Waals surface area contributed by atoms with Gasteiger partial charge in [-0.15, -0.1) is 0 Å². The third-order valence-corrected chi connectivity index (χ3v) is 7.52. The van der Waals surface area contributed by atoms with Crippen molar-refractivity contribution in [2.75, 3.05) is 25.0 Å². The van der Waals surface area contributed by atoms with Gasteiger partial charge in [-0.2, -0.15) is 4.31 Å². The van der Waals surface area contributed by atoms with Gasteiger partial charge in [0.05, 0.1) is 11.2 Å². The van der Waals surface area contributed by atoms with Crippen LogP contribution in [0.4, 0.5) is 5.88 Å². The van der Waals surface area contributed by atoms with Gasteiger partial charge in [0.25, 0.3) is 5.56 Å². The van der Waals surface area contributed by atoms with Gasteiger partial charge in [-0.25, -0.2) is 8.42 Å². The predicted molar refractivity (Wildman–Crippen MR) is 107 cm³/mol. The summed E-state index contributed by atoms with van der Waals surface area (Å²) in [5.41, 5.74) is -0.317. The maximum absolute atomic E-state index is 13.3. The number of nitrogens with zero attached hydrogens (tertiary/aromatic N) is 2. The van der Waals surface area contributed by atoms with Crippen molar-refractivity contribution in [2.24, 2.45) is 0 Å². The second-order valence-electron chi connectivity index (χ2n) is 6.51. The highest BCUT2D eigenvalue weighted by atomic mass is 79.9. The Morgan fingerprint density at radius 2 is 2.11 bits per heavy atom. The lowest BCUT2D eigenvalue weighted by Gasteiger charge is -2.24. The van der Waals surface area contributed by atoms with E-state index in [0.29, 0.717) is 40.6 Å². The van der Waals surface area contributed by atoms with E-state index in [2.05, 4.69) is 20.9 Å². The molecule has 1 aliphatic heterocycles. The lowest BCUT2D eigenvalue weighted by Crippen LogP contribution is -2.36. The molecule has 1 atom stereocenters. The molecule has 142 valence electrons. The number of halogens is 1. The van der Waals surface area contributed by atoms with Gasteiger partial charge in [0.15, 0.2) is 5.88 Å². The zero-order chi connectivity index (χ0) is 19.2. The van der Waals surface area contributed by atoms with Crippen molar-refractivity contribution in [1.82, 2.24) is 9.29 Å². The van der Waals surface area contributed by atoms with Gasteiger partial charge >= 0.3 is 0 Å². The Hall–Kier alpha value is -2.10. The predicted octanol–water partition coefficient (Wildman–Crippen LogP) is 2.78. The Labute approximate surface area is 164 Å². The average Bonchev–Trinajstić information content (AvgIpc) is 3.36. The lowest BCUT2D eigenvalue weighted by atomic mass is 10.2. The van der Waals surface area contributed by atoms with Gasteiger partial charge in [0.1, 0.15) is 0 Å². The van der Waals surface area contributed by atoms with Crippen molar-refractivity contribution in [3.63, 3.8) is 0 Å². The monoisotopic (exact) mass is 451 g/mol. The summed E-state index contributed by atoms with van der Waals surface area (Å²) in [5.74, 6) is 0.707.